The van der Waals surface area contributed by atoms with Crippen molar-refractivity contribution in [2.75, 3.05) is 24.0 Å². The second-order valence-electron chi connectivity index (χ2n) is 8.13. The summed E-state index contributed by atoms with van der Waals surface area (Å²) in [5, 5.41) is 0. The molecule has 170 valence electrons. The maximum Gasteiger partial charge on any atom is 0.330 e. The lowest BCUT2D eigenvalue weighted by Crippen LogP contribution is -2.32. The van der Waals surface area contributed by atoms with E-state index in [2.05, 4.69) is 24.3 Å². The van der Waals surface area contributed by atoms with Crippen LogP contribution in [0.4, 0.5) is 16.2 Å². The molecule has 0 spiro atoms. The first kappa shape index (κ1) is 21.6. The predicted octanol–water partition coefficient (Wildman–Crippen LogP) is 6.63. The summed E-state index contributed by atoms with van der Waals surface area (Å²) < 4.78 is 10.7. The van der Waals surface area contributed by atoms with E-state index in [1.807, 2.05) is 94.7 Å². The minimum atomic E-state index is -0.230. The molecule has 5 nitrogen and oxygen atoms in total. The smallest absolute Gasteiger partial charge is 0.330 e. The van der Waals surface area contributed by atoms with Crippen molar-refractivity contribution in [2.24, 2.45) is 0 Å². The zero-order valence-corrected chi connectivity index (χ0v) is 19.2. The Bertz CT molecular complexity index is 1140. The molecule has 1 saturated heterocycles. The Morgan fingerprint density at radius 3 is 1.21 bits per heavy atom. The van der Waals surface area contributed by atoms with E-state index in [1.165, 1.54) is 0 Å². The highest BCUT2D eigenvalue weighted by Crippen LogP contribution is 2.49. The van der Waals surface area contributed by atoms with Crippen LogP contribution in [0, 0.1) is 0 Å². The first-order valence-electron chi connectivity index (χ1n) is 11.2. The SMILES string of the molecule is COc1ccc(N2C(=O)N(c3ccc(OC)cc3)[C@@H](c3ccccc3)[C@H]2c2ccccc2)cc1. The van der Waals surface area contributed by atoms with Crippen LogP contribution in [-0.2, 0) is 0 Å². The molecule has 0 N–H and O–H groups in total. The third-order valence-corrected chi connectivity index (χ3v) is 6.25. The largest absolute Gasteiger partial charge is 0.497 e. The van der Waals surface area contributed by atoms with Crippen molar-refractivity contribution in [1.29, 1.82) is 0 Å². The average molecular weight is 451 g/mol. The number of carbonyl (C=O) groups is 1. The van der Waals surface area contributed by atoms with Gasteiger partial charge in [-0.15, -0.1) is 0 Å². The standard InChI is InChI=1S/C29H26N2O3/c1-33-25-17-13-23(14-18-25)30-27(21-9-5-3-6-10-21)28(22-11-7-4-8-12-22)31(29(30)32)24-15-19-26(34-2)20-16-24/h3-20,27-28H,1-2H3/t27-,28+. The molecule has 1 heterocycles. The number of urea groups is 1. The Kier molecular flexibility index (Phi) is 5.91. The number of nitrogens with zero attached hydrogens (tertiary/aromatic N) is 2. The summed E-state index contributed by atoms with van der Waals surface area (Å²) in [6, 6.07) is 35.2. The van der Waals surface area contributed by atoms with E-state index in [0.717, 1.165) is 34.0 Å². The fourth-order valence-corrected chi connectivity index (χ4v) is 4.63. The van der Waals surface area contributed by atoms with Crippen LogP contribution in [0.1, 0.15) is 23.2 Å². The molecule has 2 atom stereocenters. The van der Waals surface area contributed by atoms with Crippen LogP contribution in [0.15, 0.2) is 109 Å². The van der Waals surface area contributed by atoms with Crippen LogP contribution in [-0.4, -0.2) is 20.3 Å². The molecule has 0 aromatic heterocycles. The Balaban J connectivity index is 1.70. The molecule has 34 heavy (non-hydrogen) atoms. The maximum atomic E-state index is 14.2. The van der Waals surface area contributed by atoms with Gasteiger partial charge in [0.25, 0.3) is 0 Å². The molecular weight excluding hydrogens is 424 g/mol. The van der Waals surface area contributed by atoms with Gasteiger partial charge in [-0.25, -0.2) is 4.79 Å². The molecule has 5 rings (SSSR count). The van der Waals surface area contributed by atoms with Crippen molar-refractivity contribution < 1.29 is 14.3 Å². The minimum Gasteiger partial charge on any atom is -0.497 e. The Morgan fingerprint density at radius 1 is 0.529 bits per heavy atom. The summed E-state index contributed by atoms with van der Waals surface area (Å²) >= 11 is 0. The van der Waals surface area contributed by atoms with Crippen molar-refractivity contribution >= 4 is 17.4 Å². The number of carbonyl (C=O) groups excluding carboxylic acids is 1. The molecule has 1 aliphatic heterocycles. The van der Waals surface area contributed by atoms with Gasteiger partial charge in [0.1, 0.15) is 11.5 Å². The summed E-state index contributed by atoms with van der Waals surface area (Å²) in [5.74, 6) is 1.50. The minimum absolute atomic E-state index is 0.0851. The molecule has 4 aromatic carbocycles. The lowest BCUT2D eigenvalue weighted by molar-refractivity contribution is 0.255. The lowest BCUT2D eigenvalue weighted by atomic mass is 9.92. The van der Waals surface area contributed by atoms with E-state index in [1.54, 1.807) is 14.2 Å². The molecule has 0 aliphatic carbocycles. The van der Waals surface area contributed by atoms with Crippen LogP contribution in [0.5, 0.6) is 11.5 Å². The number of methoxy groups -OCH3 is 2. The highest BCUT2D eigenvalue weighted by Gasteiger charge is 2.48. The van der Waals surface area contributed by atoms with E-state index in [4.69, 9.17) is 9.47 Å². The van der Waals surface area contributed by atoms with Crippen LogP contribution >= 0.6 is 0 Å². The van der Waals surface area contributed by atoms with E-state index in [9.17, 15) is 4.79 Å². The summed E-state index contributed by atoms with van der Waals surface area (Å²) in [6.07, 6.45) is 0. The van der Waals surface area contributed by atoms with E-state index >= 15 is 0 Å². The zero-order valence-electron chi connectivity index (χ0n) is 19.2. The number of hydrogen-bond acceptors (Lipinski definition) is 3. The molecule has 0 bridgehead atoms. The highest BCUT2D eigenvalue weighted by molar-refractivity contribution is 6.08. The van der Waals surface area contributed by atoms with Crippen LogP contribution in [0.3, 0.4) is 0 Å². The Hall–Kier alpha value is -4.25. The van der Waals surface area contributed by atoms with Crippen molar-refractivity contribution in [2.45, 2.75) is 12.1 Å². The quantitative estimate of drug-likeness (QED) is 0.331. The first-order chi connectivity index (χ1) is 16.7. The monoisotopic (exact) mass is 450 g/mol. The Labute approximate surface area is 199 Å². The second-order valence-corrected chi connectivity index (χ2v) is 8.13. The lowest BCUT2D eigenvalue weighted by Gasteiger charge is -2.29. The summed E-state index contributed by atoms with van der Waals surface area (Å²) in [4.78, 5) is 17.9. The van der Waals surface area contributed by atoms with Gasteiger partial charge in [-0.2, -0.15) is 0 Å². The fraction of sp³-hybridized carbons (Fsp3) is 0.138. The maximum absolute atomic E-state index is 14.2. The first-order valence-corrected chi connectivity index (χ1v) is 11.2. The number of benzene rings is 4. The van der Waals surface area contributed by atoms with Gasteiger partial charge in [0.2, 0.25) is 0 Å². The molecule has 2 amide bonds. The third kappa shape index (κ3) is 3.86. The average Bonchev–Trinajstić information content (AvgIpc) is 3.22. The number of hydrogen-bond donors (Lipinski definition) is 0. The topological polar surface area (TPSA) is 42.0 Å². The summed E-state index contributed by atoms with van der Waals surface area (Å²) in [5.41, 5.74) is 3.77. The van der Waals surface area contributed by atoms with E-state index in [0.29, 0.717) is 0 Å². The van der Waals surface area contributed by atoms with Crippen LogP contribution < -0.4 is 19.3 Å². The predicted molar refractivity (Wildman–Crippen MR) is 135 cm³/mol. The molecule has 4 aromatic rings. The second kappa shape index (κ2) is 9.32. The van der Waals surface area contributed by atoms with E-state index < -0.39 is 0 Å². The molecule has 1 aliphatic rings. The number of amides is 2. The van der Waals surface area contributed by atoms with Crippen molar-refractivity contribution in [3.05, 3.63) is 120 Å². The molecule has 5 heteroatoms. The molecule has 0 unspecified atom stereocenters. The zero-order chi connectivity index (χ0) is 23.5. The van der Waals surface area contributed by atoms with Gasteiger partial charge >= 0.3 is 6.03 Å². The van der Waals surface area contributed by atoms with Crippen LogP contribution in [0.2, 0.25) is 0 Å². The van der Waals surface area contributed by atoms with Crippen LogP contribution in [0.25, 0.3) is 0 Å². The van der Waals surface area contributed by atoms with Gasteiger partial charge in [0.15, 0.2) is 0 Å². The van der Waals surface area contributed by atoms with E-state index in [-0.39, 0.29) is 18.1 Å². The highest BCUT2D eigenvalue weighted by atomic mass is 16.5. The number of anilines is 2. The summed E-state index contributed by atoms with van der Waals surface area (Å²) in [7, 11) is 3.28. The molecule has 0 saturated carbocycles. The molecule has 0 radical (unpaired) electrons. The number of ether oxygens (including phenoxy) is 2. The van der Waals surface area contributed by atoms with Gasteiger partial charge in [0.05, 0.1) is 26.3 Å². The Morgan fingerprint density at radius 2 is 0.882 bits per heavy atom. The van der Waals surface area contributed by atoms with Gasteiger partial charge in [0, 0.05) is 11.4 Å². The normalized spacial score (nSPS) is 17.6. The van der Waals surface area contributed by atoms with Crippen molar-refractivity contribution in [3.8, 4) is 11.5 Å². The van der Waals surface area contributed by atoms with Gasteiger partial charge in [-0.05, 0) is 59.7 Å². The summed E-state index contributed by atoms with van der Waals surface area (Å²) in [6.45, 7) is 0. The van der Waals surface area contributed by atoms with Gasteiger partial charge in [-0.3, -0.25) is 9.80 Å². The fourth-order valence-electron chi connectivity index (χ4n) is 4.63. The van der Waals surface area contributed by atoms with Gasteiger partial charge < -0.3 is 9.47 Å². The van der Waals surface area contributed by atoms with Gasteiger partial charge in [-0.1, -0.05) is 60.7 Å². The molecular formula is C29H26N2O3. The number of rotatable bonds is 6. The van der Waals surface area contributed by atoms with Crippen molar-refractivity contribution in [3.63, 3.8) is 0 Å². The molecule has 1 fully saturated rings. The van der Waals surface area contributed by atoms with Crippen molar-refractivity contribution in [1.82, 2.24) is 0 Å². The third-order valence-electron chi connectivity index (χ3n) is 6.25.